The fraction of sp³-hybridized carbons (Fsp3) is 0.800. The minimum Gasteiger partial charge on any atom is -0.218 e. The Morgan fingerprint density at radius 1 is 1.50 bits per heavy atom. The van der Waals surface area contributed by atoms with Crippen LogP contribution < -0.4 is 0 Å². The molecule has 5 heteroatoms. The molecular weight excluding hydrogens is 148 g/mol. The summed E-state index contributed by atoms with van der Waals surface area (Å²) >= 11 is 1.56. The minimum absolute atomic E-state index is 0.345. The summed E-state index contributed by atoms with van der Waals surface area (Å²) in [5.41, 5.74) is 0. The second-order valence-electron chi connectivity index (χ2n) is 2.20. The first-order chi connectivity index (χ1) is 4.75. The number of tetrazole rings is 1. The van der Waals surface area contributed by atoms with Gasteiger partial charge in [0.15, 0.2) is 0 Å². The van der Waals surface area contributed by atoms with Crippen LogP contribution in [-0.2, 0) is 0 Å². The first-order valence-corrected chi connectivity index (χ1v) is 4.30. The summed E-state index contributed by atoms with van der Waals surface area (Å²) in [5, 5.41) is 12.1. The maximum Gasteiger partial charge on any atom is 0.209 e. The van der Waals surface area contributed by atoms with Gasteiger partial charge in [0, 0.05) is 0 Å². The Bertz CT molecular complexity index is 207. The number of thioether (sulfide) groups is 1. The van der Waals surface area contributed by atoms with Gasteiger partial charge in [-0.15, -0.1) is 5.10 Å². The Labute approximate surface area is 64.0 Å². The average molecular weight is 158 g/mol. The topological polar surface area (TPSA) is 43.6 Å². The summed E-state index contributed by atoms with van der Waals surface area (Å²) in [5.74, 6) is 0. The Hall–Kier alpha value is -0.580. The standard InChI is InChI=1S/C5H10N4S/c1-4(2)9-5(10-3)6-7-8-9/h4H,1-3H3. The molecule has 1 heterocycles. The van der Waals surface area contributed by atoms with Crippen molar-refractivity contribution in [3.8, 4) is 0 Å². The van der Waals surface area contributed by atoms with E-state index in [2.05, 4.69) is 29.4 Å². The molecule has 0 aromatic carbocycles. The van der Waals surface area contributed by atoms with Crippen molar-refractivity contribution in [3.63, 3.8) is 0 Å². The minimum atomic E-state index is 0.345. The maximum absolute atomic E-state index is 3.82. The van der Waals surface area contributed by atoms with Gasteiger partial charge in [-0.25, -0.2) is 4.68 Å². The monoisotopic (exact) mass is 158 g/mol. The van der Waals surface area contributed by atoms with Crippen molar-refractivity contribution < 1.29 is 0 Å². The molecule has 0 atom stereocenters. The van der Waals surface area contributed by atoms with Crippen molar-refractivity contribution in [1.82, 2.24) is 20.2 Å². The van der Waals surface area contributed by atoms with Gasteiger partial charge in [0.25, 0.3) is 0 Å². The van der Waals surface area contributed by atoms with E-state index in [1.165, 1.54) is 0 Å². The number of hydrogen-bond acceptors (Lipinski definition) is 4. The van der Waals surface area contributed by atoms with Gasteiger partial charge in [-0.3, -0.25) is 0 Å². The molecule has 0 amide bonds. The van der Waals surface area contributed by atoms with E-state index in [1.807, 2.05) is 6.26 Å². The average Bonchev–Trinajstić information content (AvgIpc) is 2.33. The molecule has 0 saturated carbocycles. The highest BCUT2D eigenvalue weighted by atomic mass is 32.2. The first-order valence-electron chi connectivity index (χ1n) is 3.07. The van der Waals surface area contributed by atoms with E-state index in [4.69, 9.17) is 0 Å². The van der Waals surface area contributed by atoms with Crippen molar-refractivity contribution in [2.75, 3.05) is 6.26 Å². The zero-order valence-electron chi connectivity index (χ0n) is 6.27. The van der Waals surface area contributed by atoms with E-state index in [1.54, 1.807) is 16.4 Å². The molecule has 10 heavy (non-hydrogen) atoms. The van der Waals surface area contributed by atoms with Gasteiger partial charge < -0.3 is 0 Å². The SMILES string of the molecule is CSc1nnnn1C(C)C. The Kier molecular flexibility index (Phi) is 2.26. The summed E-state index contributed by atoms with van der Waals surface area (Å²) in [4.78, 5) is 0. The first kappa shape index (κ1) is 7.53. The molecule has 0 bridgehead atoms. The molecule has 0 fully saturated rings. The Morgan fingerprint density at radius 2 is 2.20 bits per heavy atom. The number of aromatic nitrogens is 4. The highest BCUT2D eigenvalue weighted by molar-refractivity contribution is 7.98. The van der Waals surface area contributed by atoms with Gasteiger partial charge in [-0.05, 0) is 30.5 Å². The molecule has 0 saturated heterocycles. The lowest BCUT2D eigenvalue weighted by Gasteiger charge is -2.03. The van der Waals surface area contributed by atoms with Crippen LogP contribution in [0.5, 0.6) is 0 Å². The molecule has 0 unspecified atom stereocenters. The third kappa shape index (κ3) is 1.29. The van der Waals surface area contributed by atoms with Crippen molar-refractivity contribution >= 4 is 11.8 Å². The summed E-state index contributed by atoms with van der Waals surface area (Å²) < 4.78 is 1.80. The highest BCUT2D eigenvalue weighted by Gasteiger charge is 2.05. The molecule has 1 rings (SSSR count). The molecule has 0 spiro atoms. The van der Waals surface area contributed by atoms with Crippen molar-refractivity contribution in [2.45, 2.75) is 25.0 Å². The number of nitrogens with zero attached hydrogens (tertiary/aromatic N) is 4. The van der Waals surface area contributed by atoms with Gasteiger partial charge in [-0.1, -0.05) is 11.8 Å². The van der Waals surface area contributed by atoms with Crippen LogP contribution in [0.2, 0.25) is 0 Å². The smallest absolute Gasteiger partial charge is 0.209 e. The lowest BCUT2D eigenvalue weighted by molar-refractivity contribution is 0.477. The molecule has 0 aliphatic rings. The maximum atomic E-state index is 3.82. The largest absolute Gasteiger partial charge is 0.218 e. The number of rotatable bonds is 2. The molecule has 0 radical (unpaired) electrons. The van der Waals surface area contributed by atoms with Crippen LogP contribution in [-0.4, -0.2) is 26.5 Å². The van der Waals surface area contributed by atoms with Gasteiger partial charge >= 0.3 is 0 Å². The molecule has 4 nitrogen and oxygen atoms in total. The van der Waals surface area contributed by atoms with Crippen molar-refractivity contribution in [3.05, 3.63) is 0 Å². The van der Waals surface area contributed by atoms with E-state index in [0.717, 1.165) is 5.16 Å². The van der Waals surface area contributed by atoms with Crippen LogP contribution in [0, 0.1) is 0 Å². The molecule has 0 aliphatic heterocycles. The van der Waals surface area contributed by atoms with Crippen LogP contribution in [0.3, 0.4) is 0 Å². The van der Waals surface area contributed by atoms with Crippen LogP contribution in [0.4, 0.5) is 0 Å². The zero-order valence-corrected chi connectivity index (χ0v) is 7.09. The normalized spacial score (nSPS) is 10.8. The van der Waals surface area contributed by atoms with Crippen LogP contribution >= 0.6 is 11.8 Å². The van der Waals surface area contributed by atoms with E-state index < -0.39 is 0 Å². The summed E-state index contributed by atoms with van der Waals surface area (Å²) in [6.07, 6.45) is 1.96. The second kappa shape index (κ2) is 3.01. The van der Waals surface area contributed by atoms with E-state index in [9.17, 15) is 0 Å². The van der Waals surface area contributed by atoms with Gasteiger partial charge in [-0.2, -0.15) is 0 Å². The molecule has 56 valence electrons. The number of hydrogen-bond donors (Lipinski definition) is 0. The van der Waals surface area contributed by atoms with Crippen LogP contribution in [0.1, 0.15) is 19.9 Å². The summed E-state index contributed by atoms with van der Waals surface area (Å²) in [6, 6.07) is 0.345. The highest BCUT2D eigenvalue weighted by Crippen LogP contribution is 2.12. The molecule has 1 aromatic rings. The summed E-state index contributed by atoms with van der Waals surface area (Å²) in [6.45, 7) is 4.10. The van der Waals surface area contributed by atoms with Gasteiger partial charge in [0.1, 0.15) is 0 Å². The van der Waals surface area contributed by atoms with Crippen LogP contribution in [0.15, 0.2) is 5.16 Å². The predicted molar refractivity (Wildman–Crippen MR) is 40.0 cm³/mol. The quantitative estimate of drug-likeness (QED) is 0.602. The molecule has 0 aliphatic carbocycles. The molecule has 0 N–H and O–H groups in total. The van der Waals surface area contributed by atoms with Gasteiger partial charge in [0.2, 0.25) is 5.16 Å². The van der Waals surface area contributed by atoms with E-state index >= 15 is 0 Å². The van der Waals surface area contributed by atoms with E-state index in [0.29, 0.717) is 6.04 Å². The van der Waals surface area contributed by atoms with Gasteiger partial charge in [0.05, 0.1) is 6.04 Å². The third-order valence-electron chi connectivity index (χ3n) is 1.13. The van der Waals surface area contributed by atoms with Crippen molar-refractivity contribution in [2.24, 2.45) is 0 Å². The fourth-order valence-corrected chi connectivity index (χ4v) is 1.20. The lowest BCUT2D eigenvalue weighted by Crippen LogP contribution is -2.04. The Morgan fingerprint density at radius 3 is 2.60 bits per heavy atom. The van der Waals surface area contributed by atoms with Crippen molar-refractivity contribution in [1.29, 1.82) is 0 Å². The zero-order chi connectivity index (χ0) is 7.56. The summed E-state index contributed by atoms with van der Waals surface area (Å²) in [7, 11) is 0. The van der Waals surface area contributed by atoms with Crippen LogP contribution in [0.25, 0.3) is 0 Å². The lowest BCUT2D eigenvalue weighted by atomic mass is 10.4. The second-order valence-corrected chi connectivity index (χ2v) is 2.98. The Balaban J connectivity index is 2.90. The molecular formula is C5H10N4S. The van der Waals surface area contributed by atoms with E-state index in [-0.39, 0.29) is 0 Å². The molecule has 1 aromatic heterocycles. The third-order valence-corrected chi connectivity index (χ3v) is 1.77. The fourth-order valence-electron chi connectivity index (χ4n) is 0.644. The predicted octanol–water partition coefficient (Wildman–Crippen LogP) is 0.976.